The van der Waals surface area contributed by atoms with Gasteiger partial charge in [-0.15, -0.1) is 0 Å². The number of hydrogen-bond donors (Lipinski definition) is 1. The van der Waals surface area contributed by atoms with Crippen molar-refractivity contribution in [2.24, 2.45) is 0 Å². The van der Waals surface area contributed by atoms with Crippen molar-refractivity contribution in [2.45, 2.75) is 12.5 Å². The largest absolute Gasteiger partial charge is 0.376 e. The topological polar surface area (TPSA) is 54.9 Å². The van der Waals surface area contributed by atoms with Crippen LogP contribution >= 0.6 is 0 Å². The number of nitrogens with one attached hydrogen (secondary N) is 1. The fourth-order valence-corrected chi connectivity index (χ4v) is 2.36. The molecule has 0 fully saturated rings. The minimum Gasteiger partial charge on any atom is -0.376 e. The molecule has 1 aromatic carbocycles. The third-order valence-corrected chi connectivity index (χ3v) is 3.50. The standard InChI is InChI=1S/C19H17N3O/c23-19(17-11-5-7-13-21-17)14-18(16-10-4-6-12-20-16)22-15-8-2-1-3-9-15/h1-13,18,22H,14H2/t18-/m1/s1. The number of hydrogen-bond acceptors (Lipinski definition) is 4. The highest BCUT2D eigenvalue weighted by Crippen LogP contribution is 2.22. The summed E-state index contributed by atoms with van der Waals surface area (Å²) in [6, 6.07) is 20.7. The van der Waals surface area contributed by atoms with Gasteiger partial charge < -0.3 is 5.32 Å². The number of rotatable bonds is 6. The third kappa shape index (κ3) is 4.01. The van der Waals surface area contributed by atoms with Gasteiger partial charge in [0.15, 0.2) is 5.78 Å². The van der Waals surface area contributed by atoms with Gasteiger partial charge >= 0.3 is 0 Å². The predicted octanol–water partition coefficient (Wildman–Crippen LogP) is 3.90. The number of carbonyl (C=O) groups is 1. The van der Waals surface area contributed by atoms with Gasteiger partial charge in [-0.1, -0.05) is 30.3 Å². The number of para-hydroxylation sites is 1. The van der Waals surface area contributed by atoms with Crippen molar-refractivity contribution in [2.75, 3.05) is 5.32 Å². The number of nitrogens with zero attached hydrogens (tertiary/aromatic N) is 2. The Hall–Kier alpha value is -3.01. The fourth-order valence-electron chi connectivity index (χ4n) is 2.36. The maximum absolute atomic E-state index is 12.5. The van der Waals surface area contributed by atoms with Crippen LogP contribution in [-0.4, -0.2) is 15.8 Å². The van der Waals surface area contributed by atoms with Gasteiger partial charge in [0.05, 0.1) is 11.7 Å². The molecule has 1 atom stereocenters. The molecule has 23 heavy (non-hydrogen) atoms. The van der Waals surface area contributed by atoms with Crippen molar-refractivity contribution >= 4 is 11.5 Å². The van der Waals surface area contributed by atoms with Gasteiger partial charge in [0.1, 0.15) is 5.69 Å². The molecule has 4 heteroatoms. The maximum atomic E-state index is 12.5. The first-order valence-corrected chi connectivity index (χ1v) is 7.49. The molecule has 0 saturated carbocycles. The van der Waals surface area contributed by atoms with E-state index in [1.54, 1.807) is 24.5 Å². The number of aromatic nitrogens is 2. The van der Waals surface area contributed by atoms with E-state index in [0.29, 0.717) is 12.1 Å². The van der Waals surface area contributed by atoms with Crippen molar-refractivity contribution < 1.29 is 4.79 Å². The summed E-state index contributed by atoms with van der Waals surface area (Å²) in [4.78, 5) is 21.0. The third-order valence-electron chi connectivity index (χ3n) is 3.50. The van der Waals surface area contributed by atoms with E-state index in [1.807, 2.05) is 54.6 Å². The van der Waals surface area contributed by atoms with Gasteiger partial charge in [-0.05, 0) is 36.4 Å². The summed E-state index contributed by atoms with van der Waals surface area (Å²) in [6.07, 6.45) is 3.66. The van der Waals surface area contributed by atoms with Crippen LogP contribution in [-0.2, 0) is 0 Å². The molecule has 0 amide bonds. The molecule has 0 aliphatic rings. The summed E-state index contributed by atoms with van der Waals surface area (Å²) in [7, 11) is 0. The molecule has 4 nitrogen and oxygen atoms in total. The summed E-state index contributed by atoms with van der Waals surface area (Å²) in [5.74, 6) is -0.00955. The lowest BCUT2D eigenvalue weighted by atomic mass is 10.0. The number of Topliss-reactive ketones (excluding diaryl/α,β-unsaturated/α-hetero) is 1. The SMILES string of the molecule is O=C(C[C@@H](Nc1ccccc1)c1ccccn1)c1ccccn1. The highest BCUT2D eigenvalue weighted by Gasteiger charge is 2.18. The first-order chi connectivity index (χ1) is 11.3. The molecule has 0 aliphatic heterocycles. The van der Waals surface area contributed by atoms with Gasteiger partial charge in [-0.3, -0.25) is 14.8 Å². The first-order valence-electron chi connectivity index (χ1n) is 7.49. The van der Waals surface area contributed by atoms with Crippen molar-refractivity contribution in [1.82, 2.24) is 9.97 Å². The van der Waals surface area contributed by atoms with Gasteiger partial charge in [-0.2, -0.15) is 0 Å². The zero-order valence-electron chi connectivity index (χ0n) is 12.6. The van der Waals surface area contributed by atoms with Crippen LogP contribution in [0.25, 0.3) is 0 Å². The van der Waals surface area contributed by atoms with E-state index in [9.17, 15) is 4.79 Å². The van der Waals surface area contributed by atoms with E-state index in [2.05, 4.69) is 15.3 Å². The van der Waals surface area contributed by atoms with Crippen molar-refractivity contribution in [3.05, 3.63) is 90.5 Å². The van der Waals surface area contributed by atoms with Gasteiger partial charge in [0, 0.05) is 24.5 Å². The Morgan fingerprint density at radius 1 is 0.870 bits per heavy atom. The van der Waals surface area contributed by atoms with Crippen LogP contribution < -0.4 is 5.32 Å². The number of benzene rings is 1. The van der Waals surface area contributed by atoms with Crippen LogP contribution in [0.4, 0.5) is 5.69 Å². The Labute approximate surface area is 135 Å². The number of ketones is 1. The summed E-state index contributed by atoms with van der Waals surface area (Å²) >= 11 is 0. The quantitative estimate of drug-likeness (QED) is 0.702. The van der Waals surface area contributed by atoms with E-state index in [-0.39, 0.29) is 11.8 Å². The van der Waals surface area contributed by atoms with Gasteiger partial charge in [0.25, 0.3) is 0 Å². The molecule has 3 rings (SSSR count). The molecular weight excluding hydrogens is 286 g/mol. The van der Waals surface area contributed by atoms with Gasteiger partial charge in [0.2, 0.25) is 0 Å². The van der Waals surface area contributed by atoms with Crippen LogP contribution in [0.5, 0.6) is 0 Å². The molecule has 0 unspecified atom stereocenters. The fraction of sp³-hybridized carbons (Fsp3) is 0.105. The molecule has 0 saturated heterocycles. The average Bonchev–Trinajstić information content (AvgIpc) is 2.63. The van der Waals surface area contributed by atoms with E-state index in [1.165, 1.54) is 0 Å². The van der Waals surface area contributed by atoms with Crippen molar-refractivity contribution in [1.29, 1.82) is 0 Å². The minimum atomic E-state index is -0.201. The van der Waals surface area contributed by atoms with Crippen LogP contribution in [0.3, 0.4) is 0 Å². The molecule has 2 heterocycles. The summed E-state index contributed by atoms with van der Waals surface area (Å²) in [5.41, 5.74) is 2.26. The van der Waals surface area contributed by atoms with Crippen LogP contribution in [0, 0.1) is 0 Å². The average molecular weight is 303 g/mol. The zero-order valence-corrected chi connectivity index (χ0v) is 12.6. The Morgan fingerprint density at radius 2 is 1.57 bits per heavy atom. The van der Waals surface area contributed by atoms with Crippen LogP contribution in [0.1, 0.15) is 28.6 Å². The molecule has 0 spiro atoms. The van der Waals surface area contributed by atoms with Crippen LogP contribution in [0.15, 0.2) is 79.1 Å². The van der Waals surface area contributed by atoms with Crippen LogP contribution in [0.2, 0.25) is 0 Å². The Bertz CT molecular complexity index is 745. The van der Waals surface area contributed by atoms with E-state index in [0.717, 1.165) is 11.4 Å². The second-order valence-corrected chi connectivity index (χ2v) is 5.16. The summed E-state index contributed by atoms with van der Waals surface area (Å²) < 4.78 is 0. The first kappa shape index (κ1) is 14.9. The van der Waals surface area contributed by atoms with Gasteiger partial charge in [-0.25, -0.2) is 0 Å². The Balaban J connectivity index is 1.82. The highest BCUT2D eigenvalue weighted by atomic mass is 16.1. The lowest BCUT2D eigenvalue weighted by Gasteiger charge is -2.18. The zero-order chi connectivity index (χ0) is 15.9. The van der Waals surface area contributed by atoms with Crippen molar-refractivity contribution in [3.8, 4) is 0 Å². The molecule has 2 aromatic heterocycles. The lowest BCUT2D eigenvalue weighted by Crippen LogP contribution is -2.17. The summed E-state index contributed by atoms with van der Waals surface area (Å²) in [5, 5.41) is 3.38. The number of carbonyl (C=O) groups excluding carboxylic acids is 1. The monoisotopic (exact) mass is 303 g/mol. The molecule has 0 aliphatic carbocycles. The maximum Gasteiger partial charge on any atom is 0.183 e. The Kier molecular flexibility index (Phi) is 4.74. The molecule has 114 valence electrons. The molecule has 3 aromatic rings. The van der Waals surface area contributed by atoms with E-state index >= 15 is 0 Å². The number of anilines is 1. The highest BCUT2D eigenvalue weighted by molar-refractivity contribution is 5.94. The second kappa shape index (κ2) is 7.31. The Morgan fingerprint density at radius 3 is 2.22 bits per heavy atom. The number of pyridine rings is 2. The predicted molar refractivity (Wildman–Crippen MR) is 90.2 cm³/mol. The molecule has 1 N–H and O–H groups in total. The molecular formula is C19H17N3O. The molecule has 0 bridgehead atoms. The lowest BCUT2D eigenvalue weighted by molar-refractivity contribution is 0.0971. The van der Waals surface area contributed by atoms with Crippen molar-refractivity contribution in [3.63, 3.8) is 0 Å². The van der Waals surface area contributed by atoms with E-state index < -0.39 is 0 Å². The normalized spacial score (nSPS) is 11.7. The van der Waals surface area contributed by atoms with E-state index in [4.69, 9.17) is 0 Å². The smallest absolute Gasteiger partial charge is 0.183 e. The summed E-state index contributed by atoms with van der Waals surface area (Å²) in [6.45, 7) is 0. The minimum absolute atomic E-state index is 0.00955. The molecule has 0 radical (unpaired) electrons. The second-order valence-electron chi connectivity index (χ2n) is 5.16.